The first kappa shape index (κ1) is 19.8. The maximum atomic E-state index is 10.3. The van der Waals surface area contributed by atoms with Gasteiger partial charge < -0.3 is 19.5 Å². The quantitative estimate of drug-likeness (QED) is 0.672. The Morgan fingerprint density at radius 2 is 2.04 bits per heavy atom. The van der Waals surface area contributed by atoms with Crippen molar-refractivity contribution in [1.29, 1.82) is 0 Å². The van der Waals surface area contributed by atoms with E-state index in [1.54, 1.807) is 7.11 Å². The molecular formula is C20H32N2O3S. The van der Waals surface area contributed by atoms with Crippen LogP contribution >= 0.6 is 11.8 Å². The molecule has 1 N–H and O–H groups in total. The summed E-state index contributed by atoms with van der Waals surface area (Å²) in [5, 5.41) is 10.3. The lowest BCUT2D eigenvalue weighted by Gasteiger charge is -2.28. The SMILES string of the molecule is COc1cc(CN(C)CC2CC2)ccc1OC[C@H](O)CN1CCSCC1. The number of aliphatic hydroxyl groups excluding tert-OH is 1. The van der Waals surface area contributed by atoms with Gasteiger partial charge in [-0.3, -0.25) is 4.90 Å². The molecular weight excluding hydrogens is 348 g/mol. The fourth-order valence-corrected chi connectivity index (χ4v) is 4.35. The Labute approximate surface area is 161 Å². The maximum absolute atomic E-state index is 10.3. The minimum absolute atomic E-state index is 0.293. The van der Waals surface area contributed by atoms with E-state index in [0.29, 0.717) is 18.9 Å². The lowest BCUT2D eigenvalue weighted by molar-refractivity contribution is 0.0704. The Balaban J connectivity index is 1.48. The van der Waals surface area contributed by atoms with Gasteiger partial charge in [0, 0.05) is 44.2 Å². The van der Waals surface area contributed by atoms with Crippen LogP contribution in [0.5, 0.6) is 11.5 Å². The van der Waals surface area contributed by atoms with Gasteiger partial charge in [-0.15, -0.1) is 0 Å². The molecule has 1 aliphatic heterocycles. The van der Waals surface area contributed by atoms with Gasteiger partial charge in [0.1, 0.15) is 12.7 Å². The molecule has 2 fully saturated rings. The second-order valence-corrected chi connectivity index (χ2v) is 8.73. The van der Waals surface area contributed by atoms with Crippen molar-refractivity contribution in [3.63, 3.8) is 0 Å². The molecule has 5 nitrogen and oxygen atoms in total. The van der Waals surface area contributed by atoms with E-state index < -0.39 is 6.10 Å². The predicted octanol–water partition coefficient (Wildman–Crippen LogP) is 2.33. The molecule has 1 saturated heterocycles. The van der Waals surface area contributed by atoms with Crippen LogP contribution in [0.2, 0.25) is 0 Å². The first-order valence-electron chi connectivity index (χ1n) is 9.60. The van der Waals surface area contributed by atoms with Gasteiger partial charge in [0.05, 0.1) is 7.11 Å². The molecule has 0 amide bonds. The Kier molecular flexibility index (Phi) is 7.49. The van der Waals surface area contributed by atoms with E-state index in [0.717, 1.165) is 42.8 Å². The molecule has 6 heteroatoms. The minimum atomic E-state index is -0.479. The summed E-state index contributed by atoms with van der Waals surface area (Å²) in [5.41, 5.74) is 1.23. The first-order chi connectivity index (χ1) is 12.6. The van der Waals surface area contributed by atoms with E-state index in [-0.39, 0.29) is 0 Å². The van der Waals surface area contributed by atoms with Crippen molar-refractivity contribution in [2.24, 2.45) is 5.92 Å². The van der Waals surface area contributed by atoms with E-state index in [9.17, 15) is 5.11 Å². The fraction of sp³-hybridized carbons (Fsp3) is 0.700. The van der Waals surface area contributed by atoms with Gasteiger partial charge >= 0.3 is 0 Å². The molecule has 0 aromatic heterocycles. The van der Waals surface area contributed by atoms with Gasteiger partial charge in [-0.25, -0.2) is 0 Å². The second-order valence-electron chi connectivity index (χ2n) is 7.50. The molecule has 0 bridgehead atoms. The highest BCUT2D eigenvalue weighted by Crippen LogP contribution is 2.31. The summed E-state index contributed by atoms with van der Waals surface area (Å²) in [6.07, 6.45) is 2.27. The molecule has 0 spiro atoms. The topological polar surface area (TPSA) is 45.2 Å². The number of hydrogen-bond acceptors (Lipinski definition) is 6. The van der Waals surface area contributed by atoms with Gasteiger partial charge in [-0.1, -0.05) is 6.07 Å². The van der Waals surface area contributed by atoms with Crippen LogP contribution < -0.4 is 9.47 Å². The summed E-state index contributed by atoms with van der Waals surface area (Å²) >= 11 is 1.98. The standard InChI is InChI=1S/C20H32N2O3S/c1-21(12-16-3-4-16)13-17-5-6-19(20(11-17)24-2)25-15-18(23)14-22-7-9-26-10-8-22/h5-6,11,16,18,23H,3-4,7-10,12-15H2,1-2H3/t18-/m1/s1. The molecule has 1 heterocycles. The van der Waals surface area contributed by atoms with Crippen LogP contribution in [0.3, 0.4) is 0 Å². The number of nitrogens with zero attached hydrogens (tertiary/aromatic N) is 2. The Morgan fingerprint density at radius 3 is 2.73 bits per heavy atom. The number of benzene rings is 1. The zero-order chi connectivity index (χ0) is 18.4. The number of β-amino-alcohol motifs (C(OH)–C–C–N with tert-alkyl or cyclic N) is 1. The average Bonchev–Trinajstić information content (AvgIpc) is 3.45. The van der Waals surface area contributed by atoms with Crippen LogP contribution in [-0.2, 0) is 6.54 Å². The molecule has 1 atom stereocenters. The molecule has 2 aliphatic rings. The summed E-state index contributed by atoms with van der Waals surface area (Å²) in [6.45, 7) is 5.15. The maximum Gasteiger partial charge on any atom is 0.161 e. The largest absolute Gasteiger partial charge is 0.493 e. The zero-order valence-electron chi connectivity index (χ0n) is 16.0. The van der Waals surface area contributed by atoms with Crippen LogP contribution in [0.1, 0.15) is 18.4 Å². The van der Waals surface area contributed by atoms with Gasteiger partial charge in [0.15, 0.2) is 11.5 Å². The van der Waals surface area contributed by atoms with Crippen molar-refractivity contribution in [2.45, 2.75) is 25.5 Å². The van der Waals surface area contributed by atoms with E-state index in [4.69, 9.17) is 9.47 Å². The highest BCUT2D eigenvalue weighted by atomic mass is 32.2. The van der Waals surface area contributed by atoms with Crippen molar-refractivity contribution < 1.29 is 14.6 Å². The number of rotatable bonds is 10. The highest BCUT2D eigenvalue weighted by molar-refractivity contribution is 7.99. The predicted molar refractivity (Wildman–Crippen MR) is 107 cm³/mol. The van der Waals surface area contributed by atoms with E-state index in [2.05, 4.69) is 22.9 Å². The van der Waals surface area contributed by atoms with E-state index in [1.807, 2.05) is 23.9 Å². The molecule has 26 heavy (non-hydrogen) atoms. The lowest BCUT2D eigenvalue weighted by atomic mass is 10.2. The van der Waals surface area contributed by atoms with E-state index in [1.165, 1.54) is 24.9 Å². The Bertz CT molecular complexity index is 562. The van der Waals surface area contributed by atoms with Gasteiger partial charge in [0.25, 0.3) is 0 Å². The number of methoxy groups -OCH3 is 1. The molecule has 1 aromatic rings. The van der Waals surface area contributed by atoms with Crippen LogP contribution in [0.15, 0.2) is 18.2 Å². The number of thioether (sulfide) groups is 1. The molecule has 3 rings (SSSR count). The summed E-state index contributed by atoms with van der Waals surface area (Å²) in [4.78, 5) is 4.67. The highest BCUT2D eigenvalue weighted by Gasteiger charge is 2.23. The van der Waals surface area contributed by atoms with Crippen LogP contribution in [0, 0.1) is 5.92 Å². The van der Waals surface area contributed by atoms with Crippen molar-refractivity contribution in [2.75, 3.05) is 58.4 Å². The molecule has 0 radical (unpaired) electrons. The van der Waals surface area contributed by atoms with E-state index >= 15 is 0 Å². The van der Waals surface area contributed by atoms with Crippen molar-refractivity contribution in [3.05, 3.63) is 23.8 Å². The fourth-order valence-electron chi connectivity index (χ4n) is 3.37. The second kappa shape index (κ2) is 9.83. The van der Waals surface area contributed by atoms with Crippen LogP contribution in [0.25, 0.3) is 0 Å². The molecule has 1 saturated carbocycles. The first-order valence-corrected chi connectivity index (χ1v) is 10.8. The van der Waals surface area contributed by atoms with Crippen molar-refractivity contribution in [3.8, 4) is 11.5 Å². The summed E-state index contributed by atoms with van der Waals surface area (Å²) in [7, 11) is 3.84. The van der Waals surface area contributed by atoms with Crippen molar-refractivity contribution >= 4 is 11.8 Å². The molecule has 1 aliphatic carbocycles. The van der Waals surface area contributed by atoms with Crippen molar-refractivity contribution in [1.82, 2.24) is 9.80 Å². The van der Waals surface area contributed by atoms with Crippen LogP contribution in [-0.4, -0.2) is 79.5 Å². The monoisotopic (exact) mass is 380 g/mol. The smallest absolute Gasteiger partial charge is 0.161 e. The molecule has 0 unspecified atom stereocenters. The van der Waals surface area contributed by atoms with Gasteiger partial charge in [0.2, 0.25) is 0 Å². The Morgan fingerprint density at radius 1 is 1.27 bits per heavy atom. The number of aliphatic hydroxyl groups is 1. The number of hydrogen-bond donors (Lipinski definition) is 1. The summed E-state index contributed by atoms with van der Waals surface area (Å²) < 4.78 is 11.4. The molecule has 1 aromatic carbocycles. The van der Waals surface area contributed by atoms with Gasteiger partial charge in [-0.05, 0) is 43.5 Å². The van der Waals surface area contributed by atoms with Gasteiger partial charge in [-0.2, -0.15) is 11.8 Å². The minimum Gasteiger partial charge on any atom is -0.493 e. The summed E-state index contributed by atoms with van der Waals surface area (Å²) in [6, 6.07) is 6.10. The lowest BCUT2D eigenvalue weighted by Crippen LogP contribution is -2.40. The molecule has 146 valence electrons. The zero-order valence-corrected chi connectivity index (χ0v) is 16.8. The van der Waals surface area contributed by atoms with Crippen LogP contribution in [0.4, 0.5) is 0 Å². The average molecular weight is 381 g/mol. The third kappa shape index (κ3) is 6.34. The number of ether oxygens (including phenoxy) is 2. The summed E-state index contributed by atoms with van der Waals surface area (Å²) in [5.74, 6) is 4.64. The Hall–Kier alpha value is -0.950. The third-order valence-electron chi connectivity index (χ3n) is 4.95. The third-order valence-corrected chi connectivity index (χ3v) is 5.89. The normalized spacial score (nSPS) is 19.5.